The molecular formula is C22H21FN2O3S. The lowest BCUT2D eigenvalue weighted by molar-refractivity contribution is 0.0556. The van der Waals surface area contributed by atoms with Crippen LogP contribution in [0.2, 0.25) is 0 Å². The summed E-state index contributed by atoms with van der Waals surface area (Å²) < 4.78 is 40.5. The van der Waals surface area contributed by atoms with Crippen molar-refractivity contribution in [3.63, 3.8) is 0 Å². The van der Waals surface area contributed by atoms with Crippen molar-refractivity contribution in [1.82, 2.24) is 4.31 Å². The molecule has 0 unspecified atom stereocenters. The van der Waals surface area contributed by atoms with Gasteiger partial charge in [0.05, 0.1) is 23.6 Å². The molecule has 2 aliphatic rings. The normalized spacial score (nSPS) is 24.6. The number of allylic oxidation sites excluding steroid dienone is 2. The highest BCUT2D eigenvalue weighted by atomic mass is 32.2. The zero-order valence-corrected chi connectivity index (χ0v) is 16.5. The molecule has 4 rings (SSSR count). The minimum Gasteiger partial charge on any atom is -0.395 e. The molecule has 150 valence electrons. The fourth-order valence-electron chi connectivity index (χ4n) is 4.30. The second kappa shape index (κ2) is 7.71. The summed E-state index contributed by atoms with van der Waals surface area (Å²) >= 11 is 0. The third-order valence-electron chi connectivity index (χ3n) is 5.75. The van der Waals surface area contributed by atoms with Crippen LogP contribution in [0.5, 0.6) is 0 Å². The van der Waals surface area contributed by atoms with Gasteiger partial charge in [-0.15, -0.1) is 0 Å². The number of hydrogen-bond donors (Lipinski definition) is 1. The number of benzene rings is 2. The van der Waals surface area contributed by atoms with Gasteiger partial charge in [0.15, 0.2) is 0 Å². The monoisotopic (exact) mass is 412 g/mol. The number of aliphatic hydroxyl groups excluding tert-OH is 1. The minimum absolute atomic E-state index is 0.224. The lowest BCUT2D eigenvalue weighted by atomic mass is 9.78. The number of hydrogen-bond acceptors (Lipinski definition) is 4. The predicted molar refractivity (Wildman–Crippen MR) is 107 cm³/mol. The molecule has 2 aromatic carbocycles. The topological polar surface area (TPSA) is 81.4 Å². The highest BCUT2D eigenvalue weighted by Crippen LogP contribution is 2.44. The molecule has 0 spiro atoms. The summed E-state index contributed by atoms with van der Waals surface area (Å²) in [6, 6.07) is 12.8. The van der Waals surface area contributed by atoms with E-state index in [9.17, 15) is 23.2 Å². The van der Waals surface area contributed by atoms with Crippen molar-refractivity contribution in [2.45, 2.75) is 42.2 Å². The summed E-state index contributed by atoms with van der Waals surface area (Å²) in [7, 11) is -4.11. The van der Waals surface area contributed by atoms with Gasteiger partial charge in [-0.25, -0.2) is 12.8 Å². The van der Waals surface area contributed by atoms with Crippen LogP contribution < -0.4 is 0 Å². The van der Waals surface area contributed by atoms with E-state index in [0.717, 1.165) is 46.8 Å². The summed E-state index contributed by atoms with van der Waals surface area (Å²) in [6.07, 6.45) is 5.49. The molecule has 1 aliphatic carbocycles. The van der Waals surface area contributed by atoms with Gasteiger partial charge in [0, 0.05) is 5.92 Å². The van der Waals surface area contributed by atoms with E-state index in [1.54, 1.807) is 0 Å². The van der Waals surface area contributed by atoms with Crippen molar-refractivity contribution in [3.8, 4) is 6.07 Å². The number of aliphatic hydroxyl groups is 1. The van der Waals surface area contributed by atoms with E-state index < -0.39 is 40.4 Å². The predicted octanol–water partition coefficient (Wildman–Crippen LogP) is 3.43. The van der Waals surface area contributed by atoms with Crippen molar-refractivity contribution in [1.29, 1.82) is 5.26 Å². The third-order valence-corrected chi connectivity index (χ3v) is 7.66. The van der Waals surface area contributed by atoms with E-state index in [-0.39, 0.29) is 4.90 Å². The zero-order valence-electron chi connectivity index (χ0n) is 15.7. The largest absolute Gasteiger partial charge is 0.395 e. The molecule has 2 aromatic rings. The number of nitriles is 1. The fraction of sp³-hybridized carbons (Fsp3) is 0.318. The molecule has 1 heterocycles. The summed E-state index contributed by atoms with van der Waals surface area (Å²) in [4.78, 5) is -0.224. The van der Waals surface area contributed by atoms with Crippen molar-refractivity contribution in [2.75, 3.05) is 6.61 Å². The van der Waals surface area contributed by atoms with Crippen LogP contribution in [0.15, 0.2) is 59.5 Å². The molecule has 0 bridgehead atoms. The molecule has 0 aromatic heterocycles. The second-order valence-electron chi connectivity index (χ2n) is 7.39. The molecule has 1 N–H and O–H groups in total. The van der Waals surface area contributed by atoms with Gasteiger partial charge in [-0.05, 0) is 54.2 Å². The number of sulfonamides is 1. The van der Waals surface area contributed by atoms with Gasteiger partial charge in [-0.3, -0.25) is 0 Å². The third kappa shape index (κ3) is 3.38. The Kier molecular flexibility index (Phi) is 5.26. The van der Waals surface area contributed by atoms with Crippen LogP contribution in [-0.2, 0) is 10.0 Å². The van der Waals surface area contributed by atoms with E-state index in [1.165, 1.54) is 17.7 Å². The van der Waals surface area contributed by atoms with E-state index in [0.29, 0.717) is 0 Å². The van der Waals surface area contributed by atoms with Gasteiger partial charge in [0.2, 0.25) is 10.0 Å². The van der Waals surface area contributed by atoms with Gasteiger partial charge in [-0.2, -0.15) is 9.57 Å². The first kappa shape index (κ1) is 19.8. The minimum atomic E-state index is -4.11. The molecule has 7 heteroatoms. The van der Waals surface area contributed by atoms with Crippen LogP contribution >= 0.6 is 0 Å². The first-order valence-electron chi connectivity index (χ1n) is 9.56. The number of halogens is 1. The molecule has 0 radical (unpaired) electrons. The maximum absolute atomic E-state index is 13.5. The van der Waals surface area contributed by atoms with Gasteiger partial charge in [-0.1, -0.05) is 36.4 Å². The summed E-state index contributed by atoms with van der Waals surface area (Å²) in [5.41, 5.74) is 3.24. The van der Waals surface area contributed by atoms with Crippen LogP contribution in [0.4, 0.5) is 4.39 Å². The Morgan fingerprint density at radius 3 is 2.55 bits per heavy atom. The molecule has 0 amide bonds. The summed E-state index contributed by atoms with van der Waals surface area (Å²) in [6.45, 7) is -0.426. The quantitative estimate of drug-likeness (QED) is 0.816. The molecule has 0 saturated carbocycles. The Morgan fingerprint density at radius 1 is 1.21 bits per heavy atom. The van der Waals surface area contributed by atoms with Crippen molar-refractivity contribution >= 4 is 15.6 Å². The fourth-order valence-corrected chi connectivity index (χ4v) is 6.08. The Balaban J connectivity index is 1.64. The van der Waals surface area contributed by atoms with Crippen molar-refractivity contribution < 1.29 is 17.9 Å². The highest BCUT2D eigenvalue weighted by molar-refractivity contribution is 7.89. The van der Waals surface area contributed by atoms with Crippen LogP contribution in [0.25, 0.3) is 5.57 Å². The lowest BCUT2D eigenvalue weighted by Crippen LogP contribution is -2.65. The van der Waals surface area contributed by atoms with Crippen molar-refractivity contribution in [3.05, 3.63) is 71.6 Å². The molecule has 1 fully saturated rings. The first-order valence-corrected chi connectivity index (χ1v) is 11.0. The van der Waals surface area contributed by atoms with Gasteiger partial charge in [0.1, 0.15) is 11.9 Å². The zero-order chi connectivity index (χ0) is 20.6. The molecule has 5 nitrogen and oxygen atoms in total. The summed E-state index contributed by atoms with van der Waals surface area (Å²) in [5, 5.41) is 19.6. The highest BCUT2D eigenvalue weighted by Gasteiger charge is 2.55. The Labute approximate surface area is 169 Å². The SMILES string of the molecule is N#C[C@@H]1[C@H](c2ccc(C3=CCCC3)cc2)[C@H](CO)N1S(=O)(=O)c1cccc(F)c1. The smallest absolute Gasteiger partial charge is 0.244 e. The maximum Gasteiger partial charge on any atom is 0.244 e. The van der Waals surface area contributed by atoms with E-state index in [1.807, 2.05) is 24.3 Å². The second-order valence-corrected chi connectivity index (χ2v) is 9.23. The van der Waals surface area contributed by atoms with E-state index in [2.05, 4.69) is 12.1 Å². The summed E-state index contributed by atoms with van der Waals surface area (Å²) in [5.74, 6) is -1.12. The first-order chi connectivity index (χ1) is 14.0. The molecular weight excluding hydrogens is 391 g/mol. The standard InChI is InChI=1S/C22H21FN2O3S/c23-18-6-3-7-19(12-18)29(27,28)25-20(13-24)22(21(25)14-26)17-10-8-16(9-11-17)15-4-1-2-5-15/h3-4,6-12,20-22,26H,1-2,5,14H2/t20-,21+,22+/m1/s1. The van der Waals surface area contributed by atoms with Crippen LogP contribution in [0.1, 0.15) is 36.3 Å². The number of nitrogens with zero attached hydrogens (tertiary/aromatic N) is 2. The Hall–Kier alpha value is -2.53. The van der Waals surface area contributed by atoms with E-state index >= 15 is 0 Å². The Bertz CT molecular complexity index is 1090. The molecule has 1 saturated heterocycles. The van der Waals surface area contributed by atoms with Gasteiger partial charge >= 0.3 is 0 Å². The molecule has 29 heavy (non-hydrogen) atoms. The van der Waals surface area contributed by atoms with Gasteiger partial charge < -0.3 is 5.11 Å². The van der Waals surface area contributed by atoms with Crippen LogP contribution in [-0.4, -0.2) is 36.5 Å². The van der Waals surface area contributed by atoms with Gasteiger partial charge in [0.25, 0.3) is 0 Å². The van der Waals surface area contributed by atoms with Crippen LogP contribution in [0, 0.1) is 17.1 Å². The maximum atomic E-state index is 13.5. The molecule has 3 atom stereocenters. The Morgan fingerprint density at radius 2 is 1.97 bits per heavy atom. The van der Waals surface area contributed by atoms with Crippen molar-refractivity contribution in [2.24, 2.45) is 0 Å². The molecule has 1 aliphatic heterocycles. The van der Waals surface area contributed by atoms with Crippen LogP contribution in [0.3, 0.4) is 0 Å². The van der Waals surface area contributed by atoms with E-state index in [4.69, 9.17) is 0 Å². The average Bonchev–Trinajstić information content (AvgIpc) is 3.23. The number of rotatable bonds is 5. The average molecular weight is 412 g/mol. The lowest BCUT2D eigenvalue weighted by Gasteiger charge is -2.50.